The van der Waals surface area contributed by atoms with E-state index in [-0.39, 0.29) is 24.5 Å². The fourth-order valence-corrected chi connectivity index (χ4v) is 1.66. The van der Waals surface area contributed by atoms with Crippen LogP contribution in [0.25, 0.3) is 0 Å². The van der Waals surface area contributed by atoms with E-state index in [0.717, 1.165) is 12.8 Å². The number of likely N-dealkylation sites (N-methyl/N-ethyl adjacent to an activating group) is 1. The van der Waals surface area contributed by atoms with E-state index in [4.69, 9.17) is 5.11 Å². The van der Waals surface area contributed by atoms with Crippen LogP contribution in [0.15, 0.2) is 0 Å². The largest absolute Gasteiger partial charge is 0.481 e. The van der Waals surface area contributed by atoms with Gasteiger partial charge in [-0.3, -0.25) is 4.79 Å². The number of carboxylic acid groups (broad SMARTS) is 1. The first-order valence-electron chi connectivity index (χ1n) is 6.32. The van der Waals surface area contributed by atoms with Gasteiger partial charge in [0, 0.05) is 18.6 Å². The lowest BCUT2D eigenvalue weighted by Gasteiger charge is -2.21. The van der Waals surface area contributed by atoms with Crippen LogP contribution in [0.4, 0.5) is 4.79 Å². The highest BCUT2D eigenvalue weighted by Gasteiger charge is 2.33. The van der Waals surface area contributed by atoms with E-state index in [1.165, 1.54) is 0 Å². The zero-order valence-corrected chi connectivity index (χ0v) is 11.3. The van der Waals surface area contributed by atoms with E-state index < -0.39 is 5.97 Å². The average Bonchev–Trinajstić information content (AvgIpc) is 3.07. The van der Waals surface area contributed by atoms with Crippen LogP contribution in [-0.4, -0.2) is 54.7 Å². The summed E-state index contributed by atoms with van der Waals surface area (Å²) in [5, 5.41) is 14.3. The fraction of sp³-hybridized carbons (Fsp3) is 0.833. The maximum atomic E-state index is 11.7. The number of hydrogen-bond acceptors (Lipinski definition) is 3. The SMILES string of the molecule is CC(CNC(=O)NC(CC(=O)O)C1CC1)N(C)C. The van der Waals surface area contributed by atoms with E-state index >= 15 is 0 Å². The van der Waals surface area contributed by atoms with Crippen molar-refractivity contribution in [1.29, 1.82) is 0 Å². The van der Waals surface area contributed by atoms with Crippen molar-refractivity contribution < 1.29 is 14.7 Å². The number of rotatable bonds is 7. The maximum Gasteiger partial charge on any atom is 0.315 e. The van der Waals surface area contributed by atoms with Gasteiger partial charge >= 0.3 is 12.0 Å². The summed E-state index contributed by atoms with van der Waals surface area (Å²) in [6, 6.07) is -0.270. The summed E-state index contributed by atoms with van der Waals surface area (Å²) < 4.78 is 0. The van der Waals surface area contributed by atoms with E-state index in [1.807, 2.05) is 25.9 Å². The van der Waals surface area contributed by atoms with Crippen molar-refractivity contribution in [2.45, 2.75) is 38.3 Å². The van der Waals surface area contributed by atoms with E-state index in [1.54, 1.807) is 0 Å². The molecule has 2 unspecified atom stereocenters. The first-order chi connectivity index (χ1) is 8.40. The number of carbonyl (C=O) groups excluding carboxylic acids is 1. The first-order valence-corrected chi connectivity index (χ1v) is 6.32. The minimum atomic E-state index is -0.867. The summed E-state index contributed by atoms with van der Waals surface area (Å²) >= 11 is 0. The number of hydrogen-bond donors (Lipinski definition) is 3. The summed E-state index contributed by atoms with van der Waals surface area (Å²) in [5.41, 5.74) is 0. The molecule has 2 amide bonds. The molecule has 0 aromatic carbocycles. The molecule has 2 atom stereocenters. The second kappa shape index (κ2) is 6.58. The van der Waals surface area contributed by atoms with Gasteiger partial charge in [-0.1, -0.05) is 0 Å². The lowest BCUT2D eigenvalue weighted by molar-refractivity contribution is -0.137. The molecule has 1 rings (SSSR count). The second-order valence-electron chi connectivity index (χ2n) is 5.21. The highest BCUT2D eigenvalue weighted by molar-refractivity contribution is 5.75. The van der Waals surface area contributed by atoms with Crippen LogP contribution >= 0.6 is 0 Å². The van der Waals surface area contributed by atoms with E-state index in [2.05, 4.69) is 10.6 Å². The Labute approximate surface area is 108 Å². The number of nitrogens with zero attached hydrogens (tertiary/aromatic N) is 1. The molecule has 0 bridgehead atoms. The Balaban J connectivity index is 2.30. The molecule has 0 saturated heterocycles. The number of carbonyl (C=O) groups is 2. The monoisotopic (exact) mass is 257 g/mol. The van der Waals surface area contributed by atoms with Gasteiger partial charge in [-0.05, 0) is 39.8 Å². The second-order valence-corrected chi connectivity index (χ2v) is 5.21. The summed E-state index contributed by atoms with van der Waals surface area (Å²) in [5.74, 6) is -0.535. The van der Waals surface area contributed by atoms with Crippen LogP contribution < -0.4 is 10.6 Å². The lowest BCUT2D eigenvalue weighted by Crippen LogP contribution is -2.47. The van der Waals surface area contributed by atoms with Crippen molar-refractivity contribution in [1.82, 2.24) is 15.5 Å². The number of nitrogens with one attached hydrogen (secondary N) is 2. The van der Waals surface area contributed by atoms with Crippen LogP contribution in [0.1, 0.15) is 26.2 Å². The highest BCUT2D eigenvalue weighted by atomic mass is 16.4. The van der Waals surface area contributed by atoms with Crippen molar-refractivity contribution in [3.8, 4) is 0 Å². The van der Waals surface area contributed by atoms with Crippen LogP contribution in [0.5, 0.6) is 0 Å². The standard InChI is InChI=1S/C12H23N3O3/c1-8(15(2)3)7-13-12(18)14-10(6-11(16)17)9-4-5-9/h8-10H,4-7H2,1-3H3,(H,16,17)(H2,13,14,18). The Hall–Kier alpha value is -1.30. The smallest absolute Gasteiger partial charge is 0.315 e. The van der Waals surface area contributed by atoms with Crippen LogP contribution in [0, 0.1) is 5.92 Å². The Morgan fingerprint density at radius 1 is 1.39 bits per heavy atom. The van der Waals surface area contributed by atoms with Gasteiger partial charge in [0.15, 0.2) is 0 Å². The molecule has 0 spiro atoms. The van der Waals surface area contributed by atoms with Crippen LogP contribution in [0.3, 0.4) is 0 Å². The van der Waals surface area contributed by atoms with Gasteiger partial charge in [-0.15, -0.1) is 0 Å². The molecule has 1 aliphatic carbocycles. The Bertz CT molecular complexity index is 303. The number of carboxylic acids is 1. The zero-order valence-electron chi connectivity index (χ0n) is 11.3. The molecule has 1 aliphatic rings. The third-order valence-electron chi connectivity index (χ3n) is 3.34. The predicted molar refractivity (Wildman–Crippen MR) is 68.4 cm³/mol. The summed E-state index contributed by atoms with van der Waals surface area (Å²) in [7, 11) is 3.89. The molecule has 6 heteroatoms. The summed E-state index contributed by atoms with van der Waals surface area (Å²) in [6.07, 6.45) is 2.01. The Morgan fingerprint density at radius 3 is 2.44 bits per heavy atom. The highest BCUT2D eigenvalue weighted by Crippen LogP contribution is 2.33. The molecule has 1 fully saturated rings. The topological polar surface area (TPSA) is 81.7 Å². The molecule has 104 valence electrons. The summed E-state index contributed by atoms with van der Waals surface area (Å²) in [4.78, 5) is 24.4. The van der Waals surface area contributed by atoms with Crippen molar-refractivity contribution in [2.24, 2.45) is 5.92 Å². The molecule has 0 heterocycles. The van der Waals surface area contributed by atoms with Gasteiger partial charge < -0.3 is 20.6 Å². The number of aliphatic carboxylic acids is 1. The Kier molecular flexibility index (Phi) is 5.40. The third kappa shape index (κ3) is 5.35. The predicted octanol–water partition coefficient (Wildman–Crippen LogP) is 0.489. The molecule has 1 saturated carbocycles. The zero-order chi connectivity index (χ0) is 13.7. The van der Waals surface area contributed by atoms with Gasteiger partial charge in [0.2, 0.25) is 0 Å². The van der Waals surface area contributed by atoms with Gasteiger partial charge in [0.05, 0.1) is 6.42 Å². The van der Waals surface area contributed by atoms with Crippen LogP contribution in [0.2, 0.25) is 0 Å². The molecule has 3 N–H and O–H groups in total. The molecule has 18 heavy (non-hydrogen) atoms. The van der Waals surface area contributed by atoms with Gasteiger partial charge in [-0.25, -0.2) is 4.79 Å². The van der Waals surface area contributed by atoms with Crippen molar-refractivity contribution >= 4 is 12.0 Å². The average molecular weight is 257 g/mol. The van der Waals surface area contributed by atoms with E-state index in [0.29, 0.717) is 12.5 Å². The molecular weight excluding hydrogens is 234 g/mol. The molecule has 0 aliphatic heterocycles. The van der Waals surface area contributed by atoms with Crippen LogP contribution in [-0.2, 0) is 4.79 Å². The molecule has 0 aromatic heterocycles. The van der Waals surface area contributed by atoms with Gasteiger partial charge in [0.25, 0.3) is 0 Å². The molecule has 0 radical (unpaired) electrons. The minimum absolute atomic E-state index is 0.00131. The first kappa shape index (κ1) is 14.8. The fourth-order valence-electron chi connectivity index (χ4n) is 1.66. The quantitative estimate of drug-likeness (QED) is 0.620. The lowest BCUT2D eigenvalue weighted by atomic mass is 10.1. The number of amides is 2. The minimum Gasteiger partial charge on any atom is -0.481 e. The molecule has 0 aromatic rings. The Morgan fingerprint density at radius 2 is 2.00 bits per heavy atom. The normalized spacial score (nSPS) is 18.2. The van der Waals surface area contributed by atoms with Gasteiger partial charge in [0.1, 0.15) is 0 Å². The van der Waals surface area contributed by atoms with Crippen molar-refractivity contribution in [2.75, 3.05) is 20.6 Å². The molecular formula is C12H23N3O3. The van der Waals surface area contributed by atoms with E-state index in [9.17, 15) is 9.59 Å². The van der Waals surface area contributed by atoms with Gasteiger partial charge in [-0.2, -0.15) is 0 Å². The van der Waals surface area contributed by atoms with Crippen molar-refractivity contribution in [3.05, 3.63) is 0 Å². The number of urea groups is 1. The third-order valence-corrected chi connectivity index (χ3v) is 3.34. The molecule has 6 nitrogen and oxygen atoms in total. The van der Waals surface area contributed by atoms with Crippen molar-refractivity contribution in [3.63, 3.8) is 0 Å². The summed E-state index contributed by atoms with van der Waals surface area (Å²) in [6.45, 7) is 2.55. The maximum absolute atomic E-state index is 11.7.